The van der Waals surface area contributed by atoms with E-state index in [1.165, 1.54) is 11.1 Å². The molecule has 0 aliphatic heterocycles. The molecule has 0 heterocycles. The van der Waals surface area contributed by atoms with Crippen molar-refractivity contribution in [2.75, 3.05) is 6.54 Å². The maximum atomic E-state index is 4.85. The van der Waals surface area contributed by atoms with E-state index in [0.29, 0.717) is 0 Å². The summed E-state index contributed by atoms with van der Waals surface area (Å²) < 4.78 is 0. The Hall–Kier alpha value is -1.08. The lowest BCUT2D eigenvalue weighted by Crippen LogP contribution is -1.87. The Kier molecular flexibility index (Phi) is 6.93. The summed E-state index contributed by atoms with van der Waals surface area (Å²) in [6, 6.07) is 8.32. The number of nitrogens with two attached hydrogens (primary N) is 1. The lowest BCUT2D eigenvalue weighted by Gasteiger charge is -1.99. The van der Waals surface area contributed by atoms with Gasteiger partial charge in [-0.2, -0.15) is 0 Å². The summed E-state index contributed by atoms with van der Waals surface area (Å²) in [4.78, 5) is 0. The molecule has 1 nitrogen and oxygen atoms in total. The first-order valence-corrected chi connectivity index (χ1v) is 4.70. The molecule has 1 aromatic rings. The molecular weight excluding hydrogens is 158 g/mol. The van der Waals surface area contributed by atoms with Crippen LogP contribution in [0.5, 0.6) is 0 Å². The summed E-state index contributed by atoms with van der Waals surface area (Å²) in [6.07, 6.45) is 2.99. The van der Waals surface area contributed by atoms with Crippen LogP contribution < -0.4 is 5.73 Å². The average molecular weight is 177 g/mol. The number of aryl methyl sites for hydroxylation is 1. The highest BCUT2D eigenvalue weighted by Crippen LogP contribution is 2.09. The van der Waals surface area contributed by atoms with Gasteiger partial charge in [0.05, 0.1) is 0 Å². The third kappa shape index (κ3) is 4.48. The van der Waals surface area contributed by atoms with Gasteiger partial charge in [0.2, 0.25) is 0 Å². The van der Waals surface area contributed by atoms with Gasteiger partial charge in [-0.3, -0.25) is 0 Å². The molecule has 0 radical (unpaired) electrons. The SMILES string of the molecule is C=Cc1ccccc1CC.CCN. The number of rotatable bonds is 2. The minimum absolute atomic E-state index is 0.750. The molecule has 0 saturated heterocycles. The quantitative estimate of drug-likeness (QED) is 0.738. The molecule has 0 fully saturated rings. The van der Waals surface area contributed by atoms with Crippen LogP contribution in [0.3, 0.4) is 0 Å². The molecule has 1 rings (SSSR count). The zero-order chi connectivity index (χ0) is 10.1. The van der Waals surface area contributed by atoms with Crippen molar-refractivity contribution in [3.8, 4) is 0 Å². The molecule has 0 bridgehead atoms. The van der Waals surface area contributed by atoms with E-state index in [0.717, 1.165) is 13.0 Å². The molecule has 0 aliphatic rings. The minimum Gasteiger partial charge on any atom is -0.331 e. The van der Waals surface area contributed by atoms with E-state index in [9.17, 15) is 0 Å². The van der Waals surface area contributed by atoms with Crippen LogP contribution in [-0.4, -0.2) is 6.54 Å². The van der Waals surface area contributed by atoms with Gasteiger partial charge in [-0.25, -0.2) is 0 Å². The van der Waals surface area contributed by atoms with Gasteiger partial charge in [-0.1, -0.05) is 50.8 Å². The van der Waals surface area contributed by atoms with Crippen LogP contribution in [0.15, 0.2) is 30.8 Å². The van der Waals surface area contributed by atoms with Crippen molar-refractivity contribution in [1.29, 1.82) is 0 Å². The van der Waals surface area contributed by atoms with E-state index in [2.05, 4.69) is 31.7 Å². The van der Waals surface area contributed by atoms with Crippen molar-refractivity contribution in [3.63, 3.8) is 0 Å². The van der Waals surface area contributed by atoms with Gasteiger partial charge in [0, 0.05) is 0 Å². The summed E-state index contributed by atoms with van der Waals surface area (Å²) in [5, 5.41) is 0. The Morgan fingerprint density at radius 2 is 1.85 bits per heavy atom. The summed E-state index contributed by atoms with van der Waals surface area (Å²) in [6.45, 7) is 8.55. The fourth-order valence-corrected chi connectivity index (χ4v) is 1.06. The largest absolute Gasteiger partial charge is 0.331 e. The second-order valence-corrected chi connectivity index (χ2v) is 2.66. The third-order valence-electron chi connectivity index (χ3n) is 1.66. The van der Waals surface area contributed by atoms with E-state index in [1.54, 1.807) is 0 Å². The Morgan fingerprint density at radius 3 is 2.23 bits per heavy atom. The Bertz CT molecular complexity index is 241. The van der Waals surface area contributed by atoms with Crippen LogP contribution >= 0.6 is 0 Å². The normalized spacial score (nSPS) is 8.54. The predicted molar refractivity (Wildman–Crippen MR) is 60.6 cm³/mol. The summed E-state index contributed by atoms with van der Waals surface area (Å²) in [7, 11) is 0. The van der Waals surface area contributed by atoms with Crippen LogP contribution in [0, 0.1) is 0 Å². The second-order valence-electron chi connectivity index (χ2n) is 2.66. The van der Waals surface area contributed by atoms with Crippen LogP contribution in [0.4, 0.5) is 0 Å². The van der Waals surface area contributed by atoms with Crippen molar-refractivity contribution >= 4 is 6.08 Å². The fraction of sp³-hybridized carbons (Fsp3) is 0.333. The van der Waals surface area contributed by atoms with Crippen molar-refractivity contribution in [1.82, 2.24) is 0 Å². The molecule has 0 aromatic heterocycles. The monoisotopic (exact) mass is 177 g/mol. The lowest BCUT2D eigenvalue weighted by atomic mass is 10.1. The van der Waals surface area contributed by atoms with Gasteiger partial charge in [0.15, 0.2) is 0 Å². The maximum absolute atomic E-state index is 4.85. The molecular formula is C12H19N. The minimum atomic E-state index is 0.750. The van der Waals surface area contributed by atoms with Crippen LogP contribution in [-0.2, 0) is 6.42 Å². The first-order valence-electron chi connectivity index (χ1n) is 4.70. The molecule has 13 heavy (non-hydrogen) atoms. The van der Waals surface area contributed by atoms with E-state index in [-0.39, 0.29) is 0 Å². The molecule has 2 N–H and O–H groups in total. The van der Waals surface area contributed by atoms with Gasteiger partial charge in [-0.15, -0.1) is 0 Å². The van der Waals surface area contributed by atoms with Crippen molar-refractivity contribution < 1.29 is 0 Å². The Morgan fingerprint density at radius 1 is 1.31 bits per heavy atom. The fourth-order valence-electron chi connectivity index (χ4n) is 1.06. The highest BCUT2D eigenvalue weighted by atomic mass is 14.5. The van der Waals surface area contributed by atoms with Crippen molar-refractivity contribution in [3.05, 3.63) is 42.0 Å². The molecule has 1 aromatic carbocycles. The van der Waals surface area contributed by atoms with Gasteiger partial charge in [0.25, 0.3) is 0 Å². The van der Waals surface area contributed by atoms with Crippen LogP contribution in [0.2, 0.25) is 0 Å². The first kappa shape index (κ1) is 11.9. The smallest absolute Gasteiger partial charge is 0.0106 e. The van der Waals surface area contributed by atoms with E-state index < -0.39 is 0 Å². The Balaban J connectivity index is 0.000000424. The summed E-state index contributed by atoms with van der Waals surface area (Å²) >= 11 is 0. The summed E-state index contributed by atoms with van der Waals surface area (Å²) in [5.74, 6) is 0. The van der Waals surface area contributed by atoms with E-state index in [4.69, 9.17) is 5.73 Å². The molecule has 0 amide bonds. The third-order valence-corrected chi connectivity index (χ3v) is 1.66. The van der Waals surface area contributed by atoms with Crippen LogP contribution in [0.25, 0.3) is 6.08 Å². The van der Waals surface area contributed by atoms with Gasteiger partial charge in [-0.05, 0) is 24.1 Å². The number of hydrogen-bond donors (Lipinski definition) is 1. The van der Waals surface area contributed by atoms with Gasteiger partial charge >= 0.3 is 0 Å². The summed E-state index contributed by atoms with van der Waals surface area (Å²) in [5.41, 5.74) is 7.47. The van der Waals surface area contributed by atoms with Crippen molar-refractivity contribution in [2.24, 2.45) is 5.73 Å². The first-order chi connectivity index (χ1) is 6.29. The molecule has 0 saturated carbocycles. The molecule has 1 heteroatoms. The zero-order valence-corrected chi connectivity index (χ0v) is 8.59. The molecule has 0 unspecified atom stereocenters. The number of hydrogen-bond acceptors (Lipinski definition) is 1. The second kappa shape index (κ2) is 7.56. The average Bonchev–Trinajstić information content (AvgIpc) is 2.19. The van der Waals surface area contributed by atoms with E-state index >= 15 is 0 Å². The number of benzene rings is 1. The maximum Gasteiger partial charge on any atom is -0.0106 e. The lowest BCUT2D eigenvalue weighted by molar-refractivity contribution is 1.13. The zero-order valence-electron chi connectivity index (χ0n) is 8.59. The topological polar surface area (TPSA) is 26.0 Å². The Labute approximate surface area is 81.3 Å². The van der Waals surface area contributed by atoms with Crippen LogP contribution in [0.1, 0.15) is 25.0 Å². The molecule has 0 atom stereocenters. The van der Waals surface area contributed by atoms with Gasteiger partial charge < -0.3 is 5.73 Å². The predicted octanol–water partition coefficient (Wildman–Crippen LogP) is 2.86. The molecule has 72 valence electrons. The standard InChI is InChI=1S/C10H12.C2H7N/c1-3-9-7-5-6-8-10(9)4-2;1-2-3/h3,5-8H,1,4H2,2H3;2-3H2,1H3. The highest BCUT2D eigenvalue weighted by Gasteiger charge is 1.91. The van der Waals surface area contributed by atoms with Gasteiger partial charge in [0.1, 0.15) is 0 Å². The van der Waals surface area contributed by atoms with E-state index in [1.807, 2.05) is 19.1 Å². The molecule has 0 aliphatic carbocycles. The molecule has 0 spiro atoms. The highest BCUT2D eigenvalue weighted by molar-refractivity contribution is 5.51. The van der Waals surface area contributed by atoms with Crippen molar-refractivity contribution in [2.45, 2.75) is 20.3 Å².